The highest BCUT2D eigenvalue weighted by atomic mass is 35.5. The van der Waals surface area contributed by atoms with E-state index in [0.29, 0.717) is 37.1 Å². The molecule has 1 aromatic carbocycles. The van der Waals surface area contributed by atoms with Gasteiger partial charge in [0.1, 0.15) is 5.69 Å². The smallest absolute Gasteiger partial charge is 0.230 e. The van der Waals surface area contributed by atoms with Crippen molar-refractivity contribution in [2.75, 3.05) is 31.1 Å². The minimum Gasteiger partial charge on any atom is -0.463 e. The van der Waals surface area contributed by atoms with Crippen molar-refractivity contribution in [3.63, 3.8) is 0 Å². The number of aromatic nitrogens is 2. The zero-order valence-corrected chi connectivity index (χ0v) is 17.9. The monoisotopic (exact) mass is 424 g/mol. The summed E-state index contributed by atoms with van der Waals surface area (Å²) in [6, 6.07) is 13.2. The summed E-state index contributed by atoms with van der Waals surface area (Å²) in [4.78, 5) is 26.4. The first-order chi connectivity index (χ1) is 14.5. The first-order valence-electron chi connectivity index (χ1n) is 10.2. The highest BCUT2D eigenvalue weighted by Gasteiger charge is 2.31. The predicted octanol–water partition coefficient (Wildman–Crippen LogP) is 4.48. The summed E-state index contributed by atoms with van der Waals surface area (Å²) < 4.78 is 5.44. The normalized spacial score (nSPS) is 15.5. The third-order valence-electron chi connectivity index (χ3n) is 5.45. The van der Waals surface area contributed by atoms with Crippen LogP contribution in [-0.2, 0) is 4.79 Å². The van der Waals surface area contributed by atoms with Crippen molar-refractivity contribution in [3.8, 4) is 11.5 Å². The third-order valence-corrected chi connectivity index (χ3v) is 5.70. The summed E-state index contributed by atoms with van der Waals surface area (Å²) in [6.07, 6.45) is 3.38. The second-order valence-corrected chi connectivity index (χ2v) is 8.24. The molecule has 6 nitrogen and oxygen atoms in total. The maximum atomic E-state index is 13.3. The van der Waals surface area contributed by atoms with E-state index >= 15 is 0 Å². The van der Waals surface area contributed by atoms with Crippen molar-refractivity contribution in [3.05, 3.63) is 65.5 Å². The van der Waals surface area contributed by atoms with Gasteiger partial charge in [-0.1, -0.05) is 37.6 Å². The Bertz CT molecular complexity index is 981. The van der Waals surface area contributed by atoms with Crippen LogP contribution in [0.1, 0.15) is 25.3 Å². The van der Waals surface area contributed by atoms with E-state index in [2.05, 4.69) is 28.7 Å². The quantitative estimate of drug-likeness (QED) is 0.604. The number of carbonyl (C=O) groups is 1. The van der Waals surface area contributed by atoms with E-state index < -0.39 is 0 Å². The molecule has 1 saturated heterocycles. The molecule has 3 aromatic rings. The molecule has 1 atom stereocenters. The van der Waals surface area contributed by atoms with Crippen molar-refractivity contribution in [1.29, 1.82) is 0 Å². The zero-order chi connectivity index (χ0) is 21.1. The van der Waals surface area contributed by atoms with Crippen LogP contribution in [0.25, 0.3) is 11.5 Å². The summed E-state index contributed by atoms with van der Waals surface area (Å²) in [5.74, 6) is 1.57. The van der Waals surface area contributed by atoms with Gasteiger partial charge in [0.15, 0.2) is 5.76 Å². The lowest BCUT2D eigenvalue weighted by molar-refractivity contribution is -0.134. The van der Waals surface area contributed by atoms with Crippen molar-refractivity contribution in [1.82, 2.24) is 14.9 Å². The van der Waals surface area contributed by atoms with Crippen LogP contribution >= 0.6 is 11.6 Å². The van der Waals surface area contributed by atoms with Crippen LogP contribution in [0.3, 0.4) is 0 Å². The zero-order valence-electron chi connectivity index (χ0n) is 17.2. The van der Waals surface area contributed by atoms with Crippen LogP contribution in [-0.4, -0.2) is 47.0 Å². The molecule has 0 unspecified atom stereocenters. The topological polar surface area (TPSA) is 62.5 Å². The van der Waals surface area contributed by atoms with E-state index in [-0.39, 0.29) is 17.7 Å². The maximum absolute atomic E-state index is 13.3. The van der Waals surface area contributed by atoms with Gasteiger partial charge < -0.3 is 14.2 Å². The molecule has 1 amide bonds. The maximum Gasteiger partial charge on any atom is 0.230 e. The molecular formula is C23H25ClN4O2. The second kappa shape index (κ2) is 8.88. The molecule has 7 heteroatoms. The van der Waals surface area contributed by atoms with E-state index in [0.717, 1.165) is 17.0 Å². The van der Waals surface area contributed by atoms with Crippen LogP contribution in [0, 0.1) is 5.92 Å². The summed E-state index contributed by atoms with van der Waals surface area (Å²) in [5.41, 5.74) is 1.77. The number of benzene rings is 1. The molecule has 0 aliphatic carbocycles. The number of amides is 1. The Morgan fingerprint density at radius 2 is 1.80 bits per heavy atom. The van der Waals surface area contributed by atoms with Crippen LogP contribution in [0.4, 0.5) is 5.95 Å². The van der Waals surface area contributed by atoms with Gasteiger partial charge in [0, 0.05) is 37.4 Å². The molecule has 30 heavy (non-hydrogen) atoms. The molecule has 1 aliphatic rings. The van der Waals surface area contributed by atoms with E-state index in [4.69, 9.17) is 16.0 Å². The highest BCUT2D eigenvalue weighted by Crippen LogP contribution is 2.29. The fourth-order valence-electron chi connectivity index (χ4n) is 3.87. The number of halogens is 1. The number of rotatable bonds is 5. The fraction of sp³-hybridized carbons (Fsp3) is 0.348. The van der Waals surface area contributed by atoms with Gasteiger partial charge in [0.2, 0.25) is 11.9 Å². The molecule has 3 heterocycles. The number of hydrogen-bond acceptors (Lipinski definition) is 5. The van der Waals surface area contributed by atoms with Crippen LogP contribution < -0.4 is 4.90 Å². The lowest BCUT2D eigenvalue weighted by atomic mass is 9.87. The molecule has 0 N–H and O–H groups in total. The first kappa shape index (κ1) is 20.4. The summed E-state index contributed by atoms with van der Waals surface area (Å²) in [5, 5.41) is 0.680. The number of furan rings is 1. The van der Waals surface area contributed by atoms with Crippen molar-refractivity contribution in [2.24, 2.45) is 5.92 Å². The summed E-state index contributed by atoms with van der Waals surface area (Å²) >= 11 is 6.02. The molecule has 1 aliphatic heterocycles. The van der Waals surface area contributed by atoms with Crippen molar-refractivity contribution < 1.29 is 9.21 Å². The van der Waals surface area contributed by atoms with Gasteiger partial charge in [-0.3, -0.25) is 4.79 Å². The van der Waals surface area contributed by atoms with E-state index in [1.54, 1.807) is 12.5 Å². The van der Waals surface area contributed by atoms with Crippen molar-refractivity contribution >= 4 is 23.5 Å². The van der Waals surface area contributed by atoms with Crippen LogP contribution in [0.15, 0.2) is 59.3 Å². The summed E-state index contributed by atoms with van der Waals surface area (Å²) in [6.45, 7) is 6.84. The number of hydrogen-bond donors (Lipinski definition) is 0. The van der Waals surface area contributed by atoms with E-state index in [1.165, 1.54) is 0 Å². The third kappa shape index (κ3) is 4.33. The van der Waals surface area contributed by atoms with Crippen LogP contribution in [0.2, 0.25) is 5.02 Å². The van der Waals surface area contributed by atoms with Gasteiger partial charge in [-0.05, 0) is 41.8 Å². The Morgan fingerprint density at radius 3 is 2.43 bits per heavy atom. The molecule has 0 radical (unpaired) electrons. The van der Waals surface area contributed by atoms with Gasteiger partial charge >= 0.3 is 0 Å². The Morgan fingerprint density at radius 1 is 1.07 bits per heavy atom. The SMILES string of the molecule is CC(C)[C@@H](C(=O)N1CCN(c2nccc(-c3ccco3)n2)CC1)c1ccc(Cl)cc1. The fourth-order valence-corrected chi connectivity index (χ4v) is 3.99. The number of anilines is 1. The molecule has 0 saturated carbocycles. The molecule has 156 valence electrons. The second-order valence-electron chi connectivity index (χ2n) is 7.80. The number of piperazine rings is 1. The molecule has 2 aromatic heterocycles. The van der Waals surface area contributed by atoms with E-state index in [1.807, 2.05) is 47.4 Å². The van der Waals surface area contributed by atoms with Gasteiger partial charge in [-0.25, -0.2) is 9.97 Å². The molecule has 0 bridgehead atoms. The average molecular weight is 425 g/mol. The van der Waals surface area contributed by atoms with E-state index in [9.17, 15) is 4.79 Å². The molecule has 1 fully saturated rings. The van der Waals surface area contributed by atoms with Crippen LogP contribution in [0.5, 0.6) is 0 Å². The van der Waals surface area contributed by atoms with Crippen molar-refractivity contribution in [2.45, 2.75) is 19.8 Å². The van der Waals surface area contributed by atoms with Gasteiger partial charge in [-0.2, -0.15) is 0 Å². The molecule has 0 spiro atoms. The standard InChI is InChI=1S/C23H25ClN4O2/c1-16(2)21(17-5-7-18(24)8-6-17)22(29)27-11-13-28(14-12-27)23-25-10-9-19(26-23)20-4-3-15-30-20/h3-10,15-16,21H,11-14H2,1-2H3/t21-/m1/s1. The lowest BCUT2D eigenvalue weighted by Crippen LogP contribution is -2.51. The van der Waals surface area contributed by atoms with Gasteiger partial charge in [-0.15, -0.1) is 0 Å². The number of nitrogens with zero attached hydrogens (tertiary/aromatic N) is 4. The minimum atomic E-state index is -0.174. The summed E-state index contributed by atoms with van der Waals surface area (Å²) in [7, 11) is 0. The Balaban J connectivity index is 1.44. The lowest BCUT2D eigenvalue weighted by Gasteiger charge is -2.37. The highest BCUT2D eigenvalue weighted by molar-refractivity contribution is 6.30. The Kier molecular flexibility index (Phi) is 6.04. The molecular weight excluding hydrogens is 400 g/mol. The number of carbonyl (C=O) groups excluding carboxylic acids is 1. The molecule has 4 rings (SSSR count). The van der Waals surface area contributed by atoms with Gasteiger partial charge in [0.25, 0.3) is 0 Å². The minimum absolute atomic E-state index is 0.164. The first-order valence-corrected chi connectivity index (χ1v) is 10.6. The Hall–Kier alpha value is -2.86. The van der Waals surface area contributed by atoms with Gasteiger partial charge in [0.05, 0.1) is 12.2 Å². The largest absolute Gasteiger partial charge is 0.463 e. The average Bonchev–Trinajstić information content (AvgIpc) is 3.30. The Labute approximate surface area is 181 Å². The predicted molar refractivity (Wildman–Crippen MR) is 118 cm³/mol.